The Balaban J connectivity index is 1.85. The monoisotopic (exact) mass is 196 g/mol. The van der Waals surface area contributed by atoms with Gasteiger partial charge in [0.1, 0.15) is 0 Å². The molecule has 0 aliphatic rings. The van der Waals surface area contributed by atoms with Crippen molar-refractivity contribution in [3.05, 3.63) is 24.0 Å². The van der Waals surface area contributed by atoms with Gasteiger partial charge in [-0.15, -0.1) is 0 Å². The smallest absolute Gasteiger partial charge is 0.0478 e. The average Bonchev–Trinajstić information content (AvgIpc) is 2.69. The molecule has 0 saturated carbocycles. The van der Waals surface area contributed by atoms with Crippen LogP contribution in [0.3, 0.4) is 0 Å². The highest BCUT2D eigenvalue weighted by atomic mass is 16.5. The minimum atomic E-state index is 0.867. The van der Waals surface area contributed by atoms with E-state index in [2.05, 4.69) is 23.3 Å². The Bertz CT molecular complexity index is 209. The first-order valence-corrected chi connectivity index (χ1v) is 5.34. The molecule has 0 spiro atoms. The summed E-state index contributed by atoms with van der Waals surface area (Å²) < 4.78 is 5.37. The SMILES string of the molecule is CCCOCCCNCc1ccc[nH]1. The van der Waals surface area contributed by atoms with Gasteiger partial charge in [0.2, 0.25) is 0 Å². The maximum Gasteiger partial charge on any atom is 0.0478 e. The summed E-state index contributed by atoms with van der Waals surface area (Å²) in [6, 6.07) is 4.10. The maximum atomic E-state index is 5.37. The highest BCUT2D eigenvalue weighted by Crippen LogP contribution is 1.92. The van der Waals surface area contributed by atoms with Crippen LogP contribution < -0.4 is 5.32 Å². The van der Waals surface area contributed by atoms with Crippen molar-refractivity contribution in [3.63, 3.8) is 0 Å². The summed E-state index contributed by atoms with van der Waals surface area (Å²) in [6.07, 6.45) is 4.14. The first-order valence-electron chi connectivity index (χ1n) is 5.34. The van der Waals surface area contributed by atoms with Crippen LogP contribution in [0.15, 0.2) is 18.3 Å². The largest absolute Gasteiger partial charge is 0.381 e. The number of nitrogens with one attached hydrogen (secondary N) is 2. The summed E-state index contributed by atoms with van der Waals surface area (Å²) in [6.45, 7) is 5.81. The van der Waals surface area contributed by atoms with Gasteiger partial charge < -0.3 is 15.0 Å². The second-order valence-corrected chi connectivity index (χ2v) is 3.34. The van der Waals surface area contributed by atoms with Crippen molar-refractivity contribution in [1.82, 2.24) is 10.3 Å². The minimum absolute atomic E-state index is 0.867. The van der Waals surface area contributed by atoms with E-state index >= 15 is 0 Å². The molecule has 1 aromatic rings. The molecule has 0 saturated heterocycles. The molecule has 0 unspecified atom stereocenters. The lowest BCUT2D eigenvalue weighted by Crippen LogP contribution is -2.16. The molecule has 1 rings (SSSR count). The van der Waals surface area contributed by atoms with Crippen LogP contribution in [0.5, 0.6) is 0 Å². The second kappa shape index (κ2) is 7.59. The molecule has 0 atom stereocenters. The minimum Gasteiger partial charge on any atom is -0.381 e. The molecule has 3 nitrogen and oxygen atoms in total. The van der Waals surface area contributed by atoms with Crippen molar-refractivity contribution < 1.29 is 4.74 Å². The van der Waals surface area contributed by atoms with Crippen LogP contribution in [0.4, 0.5) is 0 Å². The van der Waals surface area contributed by atoms with Gasteiger partial charge in [-0.1, -0.05) is 6.92 Å². The molecule has 0 radical (unpaired) electrons. The fraction of sp³-hybridized carbons (Fsp3) is 0.636. The number of ether oxygens (including phenoxy) is 1. The fourth-order valence-electron chi connectivity index (χ4n) is 1.25. The summed E-state index contributed by atoms with van der Waals surface area (Å²) in [5.74, 6) is 0. The van der Waals surface area contributed by atoms with Crippen LogP contribution in [-0.4, -0.2) is 24.7 Å². The second-order valence-electron chi connectivity index (χ2n) is 3.34. The Morgan fingerprint density at radius 2 is 2.36 bits per heavy atom. The zero-order chi connectivity index (χ0) is 10.1. The molecule has 2 N–H and O–H groups in total. The average molecular weight is 196 g/mol. The third-order valence-corrected chi connectivity index (χ3v) is 1.97. The highest BCUT2D eigenvalue weighted by Gasteiger charge is 1.91. The molecule has 1 aromatic heterocycles. The van der Waals surface area contributed by atoms with E-state index in [1.165, 1.54) is 5.69 Å². The van der Waals surface area contributed by atoms with Crippen LogP contribution in [0.1, 0.15) is 25.5 Å². The Kier molecular flexibility index (Phi) is 6.11. The van der Waals surface area contributed by atoms with Crippen molar-refractivity contribution in [3.8, 4) is 0 Å². The van der Waals surface area contributed by atoms with Crippen molar-refractivity contribution in [2.75, 3.05) is 19.8 Å². The van der Waals surface area contributed by atoms with Crippen molar-refractivity contribution in [2.45, 2.75) is 26.3 Å². The lowest BCUT2D eigenvalue weighted by Gasteiger charge is -2.04. The molecule has 0 aliphatic carbocycles. The number of H-pyrrole nitrogens is 1. The summed E-state index contributed by atoms with van der Waals surface area (Å²) in [4.78, 5) is 3.15. The normalized spacial score (nSPS) is 10.6. The molecular formula is C11H20N2O. The summed E-state index contributed by atoms with van der Waals surface area (Å²) in [7, 11) is 0. The molecule has 14 heavy (non-hydrogen) atoms. The molecule has 0 amide bonds. The van der Waals surface area contributed by atoms with Gasteiger partial charge in [0.15, 0.2) is 0 Å². The third kappa shape index (κ3) is 5.04. The molecular weight excluding hydrogens is 176 g/mol. The van der Waals surface area contributed by atoms with E-state index in [1.807, 2.05) is 12.3 Å². The quantitative estimate of drug-likeness (QED) is 0.623. The van der Waals surface area contributed by atoms with E-state index in [0.29, 0.717) is 0 Å². The molecule has 0 fully saturated rings. The van der Waals surface area contributed by atoms with Gasteiger partial charge in [-0.2, -0.15) is 0 Å². The number of aromatic amines is 1. The Hall–Kier alpha value is -0.800. The standard InChI is InChI=1S/C11H20N2O/c1-2-8-14-9-4-6-12-10-11-5-3-7-13-11/h3,5,7,12-13H,2,4,6,8-10H2,1H3. The van der Waals surface area contributed by atoms with Gasteiger partial charge in [-0.05, 0) is 31.5 Å². The number of hydrogen-bond donors (Lipinski definition) is 2. The predicted octanol–water partition coefficient (Wildman–Crippen LogP) is 1.92. The van der Waals surface area contributed by atoms with Gasteiger partial charge in [-0.25, -0.2) is 0 Å². The summed E-state index contributed by atoms with van der Waals surface area (Å²) >= 11 is 0. The number of rotatable bonds is 8. The zero-order valence-corrected chi connectivity index (χ0v) is 8.88. The fourth-order valence-corrected chi connectivity index (χ4v) is 1.25. The van der Waals surface area contributed by atoms with Crippen molar-refractivity contribution in [2.24, 2.45) is 0 Å². The lowest BCUT2D eigenvalue weighted by molar-refractivity contribution is 0.132. The van der Waals surface area contributed by atoms with Gasteiger partial charge in [0.25, 0.3) is 0 Å². The van der Waals surface area contributed by atoms with E-state index < -0.39 is 0 Å². The van der Waals surface area contributed by atoms with Gasteiger partial charge in [-0.3, -0.25) is 0 Å². The molecule has 0 bridgehead atoms. The van der Waals surface area contributed by atoms with Crippen molar-refractivity contribution in [1.29, 1.82) is 0 Å². The van der Waals surface area contributed by atoms with E-state index in [9.17, 15) is 0 Å². The Morgan fingerprint density at radius 3 is 3.07 bits per heavy atom. The van der Waals surface area contributed by atoms with Crippen molar-refractivity contribution >= 4 is 0 Å². The molecule has 1 heterocycles. The van der Waals surface area contributed by atoms with Crippen LogP contribution in [-0.2, 0) is 11.3 Å². The summed E-state index contributed by atoms with van der Waals surface area (Å²) in [5.41, 5.74) is 1.24. The number of aromatic nitrogens is 1. The lowest BCUT2D eigenvalue weighted by atomic mass is 10.4. The Morgan fingerprint density at radius 1 is 1.43 bits per heavy atom. The molecule has 3 heteroatoms. The van der Waals surface area contributed by atoms with Gasteiger partial charge >= 0.3 is 0 Å². The maximum absolute atomic E-state index is 5.37. The molecule has 0 aliphatic heterocycles. The Labute approximate surface area is 85.9 Å². The first-order chi connectivity index (χ1) is 6.93. The first kappa shape index (κ1) is 11.3. The van der Waals surface area contributed by atoms with Crippen LogP contribution >= 0.6 is 0 Å². The highest BCUT2D eigenvalue weighted by molar-refractivity contribution is 5.02. The van der Waals surface area contributed by atoms with Gasteiger partial charge in [0.05, 0.1) is 0 Å². The molecule has 0 aromatic carbocycles. The van der Waals surface area contributed by atoms with Crippen LogP contribution in [0, 0.1) is 0 Å². The van der Waals surface area contributed by atoms with E-state index in [0.717, 1.165) is 39.1 Å². The van der Waals surface area contributed by atoms with Gasteiger partial charge in [0, 0.05) is 31.6 Å². The van der Waals surface area contributed by atoms with E-state index in [1.54, 1.807) is 0 Å². The predicted molar refractivity (Wildman–Crippen MR) is 58.2 cm³/mol. The topological polar surface area (TPSA) is 37.0 Å². The summed E-state index contributed by atoms with van der Waals surface area (Å²) in [5, 5.41) is 3.35. The zero-order valence-electron chi connectivity index (χ0n) is 8.88. The van der Waals surface area contributed by atoms with Crippen LogP contribution in [0.2, 0.25) is 0 Å². The van der Waals surface area contributed by atoms with Crippen LogP contribution in [0.25, 0.3) is 0 Å². The molecule has 80 valence electrons. The van der Waals surface area contributed by atoms with E-state index in [-0.39, 0.29) is 0 Å². The third-order valence-electron chi connectivity index (χ3n) is 1.97. The number of hydrogen-bond acceptors (Lipinski definition) is 2. The van der Waals surface area contributed by atoms with E-state index in [4.69, 9.17) is 4.74 Å².